The molecule has 0 fully saturated rings. The Bertz CT molecular complexity index is 582. The molecule has 1 aromatic heterocycles. The molecule has 1 rings (SSSR count). The molecule has 0 aromatic carbocycles. The number of hydrogen-bond donors (Lipinski definition) is 0. The zero-order valence-electron chi connectivity index (χ0n) is 17.0. The first-order valence-electron chi connectivity index (χ1n) is 9.44. The van der Waals surface area contributed by atoms with Crippen molar-refractivity contribution in [2.24, 2.45) is 0 Å². The van der Waals surface area contributed by atoms with Gasteiger partial charge in [-0.15, -0.1) is 5.10 Å². The van der Waals surface area contributed by atoms with E-state index in [1.807, 2.05) is 11.8 Å². The summed E-state index contributed by atoms with van der Waals surface area (Å²) in [5.41, 5.74) is 0. The Morgan fingerprint density at radius 3 is 2.27 bits per heavy atom. The summed E-state index contributed by atoms with van der Waals surface area (Å²) < 4.78 is 1.35. The molecular weight excluding hydrogens is 350 g/mol. The molecule has 0 saturated carbocycles. The Morgan fingerprint density at radius 2 is 1.77 bits per heavy atom. The number of carbonyl (C=O) groups is 2. The van der Waals surface area contributed by atoms with Gasteiger partial charge in [0, 0.05) is 45.3 Å². The number of nitrogens with zero attached hydrogens (tertiary/aromatic N) is 5. The van der Waals surface area contributed by atoms with Gasteiger partial charge in [-0.1, -0.05) is 39.5 Å². The standard InChI is InChI=1S/C18H33N5O2S/c1-7-11-22(12-8-2)15(24)10-13-26-17-19-16(14(4)9-3)20-23(17)18(25)21(5)6/h14H,7-13H2,1-6H3. The normalized spacial score (nSPS) is 12.1. The number of amides is 2. The van der Waals surface area contributed by atoms with Crippen LogP contribution >= 0.6 is 11.8 Å². The molecule has 7 nitrogen and oxygen atoms in total. The second-order valence-corrected chi connectivity index (χ2v) is 7.69. The number of thioether (sulfide) groups is 1. The smallest absolute Gasteiger partial charge is 0.343 e. The second kappa shape index (κ2) is 11.2. The minimum Gasteiger partial charge on any atom is -0.343 e. The summed E-state index contributed by atoms with van der Waals surface area (Å²) in [5, 5.41) is 4.95. The number of carbonyl (C=O) groups excluding carboxylic acids is 2. The number of hydrogen-bond acceptors (Lipinski definition) is 5. The highest BCUT2D eigenvalue weighted by Crippen LogP contribution is 2.22. The van der Waals surface area contributed by atoms with Gasteiger partial charge >= 0.3 is 6.03 Å². The molecule has 2 amide bonds. The van der Waals surface area contributed by atoms with Crippen LogP contribution in [-0.4, -0.2) is 69.4 Å². The fourth-order valence-corrected chi connectivity index (χ4v) is 3.26. The molecule has 1 atom stereocenters. The molecule has 1 aromatic rings. The van der Waals surface area contributed by atoms with Crippen molar-refractivity contribution in [2.45, 2.75) is 64.5 Å². The van der Waals surface area contributed by atoms with Gasteiger partial charge in [-0.2, -0.15) is 4.68 Å². The fourth-order valence-electron chi connectivity index (χ4n) is 2.40. The highest BCUT2D eigenvalue weighted by molar-refractivity contribution is 7.99. The minimum absolute atomic E-state index is 0.161. The third-order valence-corrected chi connectivity index (χ3v) is 5.03. The molecule has 0 aliphatic rings. The lowest BCUT2D eigenvalue weighted by Gasteiger charge is -2.21. The monoisotopic (exact) mass is 383 g/mol. The van der Waals surface area contributed by atoms with Crippen molar-refractivity contribution in [3.05, 3.63) is 5.82 Å². The largest absolute Gasteiger partial charge is 0.346 e. The number of rotatable bonds is 10. The van der Waals surface area contributed by atoms with E-state index in [0.29, 0.717) is 23.2 Å². The Morgan fingerprint density at radius 1 is 1.15 bits per heavy atom. The van der Waals surface area contributed by atoms with E-state index in [1.54, 1.807) is 14.1 Å². The molecule has 1 unspecified atom stereocenters. The van der Waals surface area contributed by atoms with Crippen LogP contribution in [0, 0.1) is 0 Å². The van der Waals surface area contributed by atoms with Gasteiger partial charge < -0.3 is 9.80 Å². The minimum atomic E-state index is -0.223. The predicted molar refractivity (Wildman–Crippen MR) is 106 cm³/mol. The molecule has 0 aliphatic heterocycles. The maximum atomic E-state index is 12.4. The summed E-state index contributed by atoms with van der Waals surface area (Å²) in [6.07, 6.45) is 3.27. The quantitative estimate of drug-likeness (QED) is 0.579. The molecule has 0 spiro atoms. The first-order chi connectivity index (χ1) is 12.3. The third-order valence-electron chi connectivity index (χ3n) is 4.10. The summed E-state index contributed by atoms with van der Waals surface area (Å²) in [6, 6.07) is -0.223. The third kappa shape index (κ3) is 6.30. The molecule has 0 N–H and O–H groups in total. The molecule has 148 valence electrons. The van der Waals surface area contributed by atoms with Crippen LogP contribution in [0.2, 0.25) is 0 Å². The van der Waals surface area contributed by atoms with Crippen molar-refractivity contribution in [1.82, 2.24) is 24.6 Å². The lowest BCUT2D eigenvalue weighted by Crippen LogP contribution is -2.32. The topological polar surface area (TPSA) is 71.3 Å². The van der Waals surface area contributed by atoms with Gasteiger partial charge in [0.05, 0.1) is 0 Å². The average Bonchev–Trinajstić information content (AvgIpc) is 3.04. The van der Waals surface area contributed by atoms with Crippen LogP contribution < -0.4 is 0 Å². The number of aromatic nitrogens is 3. The van der Waals surface area contributed by atoms with Crippen LogP contribution in [0.4, 0.5) is 4.79 Å². The van der Waals surface area contributed by atoms with Crippen molar-refractivity contribution < 1.29 is 9.59 Å². The molecule has 8 heteroatoms. The van der Waals surface area contributed by atoms with Gasteiger partial charge in [0.15, 0.2) is 11.0 Å². The van der Waals surface area contributed by atoms with Crippen LogP contribution in [-0.2, 0) is 4.79 Å². The summed E-state index contributed by atoms with van der Waals surface area (Å²) >= 11 is 1.42. The summed E-state index contributed by atoms with van der Waals surface area (Å²) in [4.78, 5) is 32.7. The molecule has 1 heterocycles. The predicted octanol–water partition coefficient (Wildman–Crippen LogP) is 3.45. The average molecular weight is 384 g/mol. The van der Waals surface area contributed by atoms with Crippen LogP contribution in [0.25, 0.3) is 0 Å². The molecule has 26 heavy (non-hydrogen) atoms. The van der Waals surface area contributed by atoms with Crippen LogP contribution in [0.1, 0.15) is 65.1 Å². The summed E-state index contributed by atoms with van der Waals surface area (Å²) in [6.45, 7) is 9.87. The maximum Gasteiger partial charge on any atom is 0.346 e. The van der Waals surface area contributed by atoms with Crippen molar-refractivity contribution in [3.8, 4) is 0 Å². The van der Waals surface area contributed by atoms with Gasteiger partial charge in [0.2, 0.25) is 5.91 Å². The van der Waals surface area contributed by atoms with Gasteiger partial charge in [-0.05, 0) is 19.3 Å². The van der Waals surface area contributed by atoms with Crippen molar-refractivity contribution >= 4 is 23.7 Å². The zero-order chi connectivity index (χ0) is 19.7. The highest BCUT2D eigenvalue weighted by Gasteiger charge is 2.21. The summed E-state index contributed by atoms with van der Waals surface area (Å²) in [7, 11) is 3.39. The molecule has 0 radical (unpaired) electrons. The van der Waals surface area contributed by atoms with E-state index >= 15 is 0 Å². The van der Waals surface area contributed by atoms with Gasteiger partial charge in [-0.25, -0.2) is 9.78 Å². The van der Waals surface area contributed by atoms with E-state index in [1.165, 1.54) is 21.3 Å². The fraction of sp³-hybridized carbons (Fsp3) is 0.778. The Labute approximate surface area is 161 Å². The van der Waals surface area contributed by atoms with E-state index in [2.05, 4.69) is 30.9 Å². The van der Waals surface area contributed by atoms with Gasteiger partial charge in [0.1, 0.15) is 0 Å². The highest BCUT2D eigenvalue weighted by atomic mass is 32.2. The first-order valence-corrected chi connectivity index (χ1v) is 10.4. The van der Waals surface area contributed by atoms with Crippen LogP contribution in [0.3, 0.4) is 0 Å². The lowest BCUT2D eigenvalue weighted by molar-refractivity contribution is -0.130. The molecule has 0 aliphatic carbocycles. The van der Waals surface area contributed by atoms with Crippen molar-refractivity contribution in [2.75, 3.05) is 32.9 Å². The summed E-state index contributed by atoms with van der Waals surface area (Å²) in [5.74, 6) is 1.61. The van der Waals surface area contributed by atoms with E-state index in [0.717, 1.165) is 32.4 Å². The molecule has 0 bridgehead atoms. The van der Waals surface area contributed by atoms with Crippen LogP contribution in [0.5, 0.6) is 0 Å². The van der Waals surface area contributed by atoms with Crippen LogP contribution in [0.15, 0.2) is 5.16 Å². The Hall–Kier alpha value is -1.57. The van der Waals surface area contributed by atoms with Gasteiger partial charge in [-0.3, -0.25) is 4.79 Å². The van der Waals surface area contributed by atoms with E-state index < -0.39 is 0 Å². The molecule has 0 saturated heterocycles. The van der Waals surface area contributed by atoms with E-state index in [-0.39, 0.29) is 17.9 Å². The van der Waals surface area contributed by atoms with Gasteiger partial charge in [0.25, 0.3) is 0 Å². The van der Waals surface area contributed by atoms with E-state index in [9.17, 15) is 9.59 Å². The van der Waals surface area contributed by atoms with Crippen molar-refractivity contribution in [1.29, 1.82) is 0 Å². The SMILES string of the molecule is CCCN(CCC)C(=O)CCSc1nc(C(C)CC)nn1C(=O)N(C)C. The second-order valence-electron chi connectivity index (χ2n) is 6.63. The first kappa shape index (κ1) is 22.5. The van der Waals surface area contributed by atoms with Crippen molar-refractivity contribution in [3.63, 3.8) is 0 Å². The Balaban J connectivity index is 2.80. The lowest BCUT2D eigenvalue weighted by atomic mass is 10.1. The zero-order valence-corrected chi connectivity index (χ0v) is 17.8. The molecular formula is C18H33N5O2S. The maximum absolute atomic E-state index is 12.4. The Kier molecular flexibility index (Phi) is 9.69. The van der Waals surface area contributed by atoms with E-state index in [4.69, 9.17) is 0 Å².